The second-order valence-electron chi connectivity index (χ2n) is 5.36. The molecule has 22 heavy (non-hydrogen) atoms. The molecule has 7 heteroatoms. The van der Waals surface area contributed by atoms with Gasteiger partial charge in [-0.1, -0.05) is 0 Å². The van der Waals surface area contributed by atoms with Crippen LogP contribution in [0.15, 0.2) is 17.4 Å². The predicted octanol–water partition coefficient (Wildman–Crippen LogP) is 2.85. The second-order valence-corrected chi connectivity index (χ2v) is 6.16. The Morgan fingerprint density at radius 3 is 2.82 bits per heavy atom. The van der Waals surface area contributed by atoms with Gasteiger partial charge in [0.25, 0.3) is 5.91 Å². The molecule has 1 N–H and O–H groups in total. The first kappa shape index (κ1) is 15.0. The molecule has 1 fully saturated rings. The van der Waals surface area contributed by atoms with Gasteiger partial charge < -0.3 is 5.32 Å². The fourth-order valence-corrected chi connectivity index (χ4v) is 2.92. The standard InChI is InChI=1S/C15H19N5OS/c1-4-20-8-11(7-16-20)18-14(21)12-9(2)17-13(10-5-6-10)19-15(12)22-3/h7-8,10H,4-6H2,1-3H3,(H,18,21). The Bertz CT molecular complexity index is 708. The number of rotatable bonds is 5. The topological polar surface area (TPSA) is 72.7 Å². The molecule has 2 aromatic rings. The summed E-state index contributed by atoms with van der Waals surface area (Å²) in [5.74, 6) is 1.17. The summed E-state index contributed by atoms with van der Waals surface area (Å²) in [6, 6.07) is 0. The maximum absolute atomic E-state index is 12.6. The van der Waals surface area contributed by atoms with Gasteiger partial charge in [0.2, 0.25) is 0 Å². The molecule has 1 aliphatic rings. The molecule has 0 atom stereocenters. The van der Waals surface area contributed by atoms with Gasteiger partial charge >= 0.3 is 0 Å². The molecular weight excluding hydrogens is 298 g/mol. The number of hydrogen-bond acceptors (Lipinski definition) is 5. The first-order chi connectivity index (χ1) is 10.6. The van der Waals surface area contributed by atoms with Gasteiger partial charge in [-0.15, -0.1) is 11.8 Å². The summed E-state index contributed by atoms with van der Waals surface area (Å²) >= 11 is 1.48. The highest BCUT2D eigenvalue weighted by Gasteiger charge is 2.29. The van der Waals surface area contributed by atoms with E-state index in [0.29, 0.717) is 17.2 Å². The first-order valence-electron chi connectivity index (χ1n) is 7.38. The Kier molecular flexibility index (Phi) is 4.15. The largest absolute Gasteiger partial charge is 0.319 e. The summed E-state index contributed by atoms with van der Waals surface area (Å²) in [7, 11) is 0. The van der Waals surface area contributed by atoms with E-state index in [0.717, 1.165) is 35.9 Å². The Hall–Kier alpha value is -1.89. The summed E-state index contributed by atoms with van der Waals surface area (Å²) in [6.07, 6.45) is 7.69. The minimum atomic E-state index is -0.181. The van der Waals surface area contributed by atoms with Gasteiger partial charge in [0.15, 0.2) is 0 Å². The Labute approximate surface area is 133 Å². The van der Waals surface area contributed by atoms with E-state index >= 15 is 0 Å². The van der Waals surface area contributed by atoms with Crippen molar-refractivity contribution in [1.82, 2.24) is 19.7 Å². The van der Waals surface area contributed by atoms with Crippen molar-refractivity contribution in [3.8, 4) is 0 Å². The van der Waals surface area contributed by atoms with Crippen LogP contribution in [0.3, 0.4) is 0 Å². The third-order valence-electron chi connectivity index (χ3n) is 3.65. The fraction of sp³-hybridized carbons (Fsp3) is 0.467. The number of aromatic nitrogens is 4. The lowest BCUT2D eigenvalue weighted by Gasteiger charge is -2.11. The minimum Gasteiger partial charge on any atom is -0.319 e. The minimum absolute atomic E-state index is 0.181. The van der Waals surface area contributed by atoms with Crippen molar-refractivity contribution in [3.05, 3.63) is 29.5 Å². The summed E-state index contributed by atoms with van der Waals surface area (Å²) in [6.45, 7) is 4.64. The zero-order valence-electron chi connectivity index (χ0n) is 13.0. The number of nitrogens with one attached hydrogen (secondary N) is 1. The van der Waals surface area contributed by atoms with Gasteiger partial charge in [-0.2, -0.15) is 5.10 Å². The summed E-state index contributed by atoms with van der Waals surface area (Å²) in [5, 5.41) is 7.78. The van der Waals surface area contributed by atoms with Gasteiger partial charge in [-0.05, 0) is 32.9 Å². The van der Waals surface area contributed by atoms with Gasteiger partial charge in [-0.25, -0.2) is 9.97 Å². The van der Waals surface area contributed by atoms with Crippen LogP contribution in [0.4, 0.5) is 5.69 Å². The zero-order valence-corrected chi connectivity index (χ0v) is 13.8. The Morgan fingerprint density at radius 2 is 2.23 bits per heavy atom. The molecule has 0 unspecified atom stereocenters. The van der Waals surface area contributed by atoms with Gasteiger partial charge in [-0.3, -0.25) is 9.48 Å². The molecule has 0 radical (unpaired) electrons. The molecule has 0 saturated heterocycles. The molecule has 2 heterocycles. The highest BCUT2D eigenvalue weighted by Crippen LogP contribution is 2.39. The lowest BCUT2D eigenvalue weighted by molar-refractivity contribution is 0.102. The SMILES string of the molecule is CCn1cc(NC(=O)c2c(C)nc(C3CC3)nc2SC)cn1. The molecular formula is C15H19N5OS. The summed E-state index contributed by atoms with van der Waals surface area (Å²) in [5.41, 5.74) is 1.98. The summed E-state index contributed by atoms with van der Waals surface area (Å²) in [4.78, 5) is 21.7. The molecule has 116 valence electrons. The quantitative estimate of drug-likeness (QED) is 0.678. The number of anilines is 1. The third-order valence-corrected chi connectivity index (χ3v) is 4.33. The highest BCUT2D eigenvalue weighted by molar-refractivity contribution is 7.98. The number of carbonyl (C=O) groups excluding carboxylic acids is 1. The average molecular weight is 317 g/mol. The normalized spacial score (nSPS) is 14.1. The van der Waals surface area contributed by atoms with E-state index in [9.17, 15) is 4.79 Å². The number of hydrogen-bond donors (Lipinski definition) is 1. The van der Waals surface area contributed by atoms with Gasteiger partial charge in [0, 0.05) is 18.7 Å². The van der Waals surface area contributed by atoms with Crippen LogP contribution in [0.1, 0.15) is 47.6 Å². The first-order valence-corrected chi connectivity index (χ1v) is 8.61. The van der Waals surface area contributed by atoms with Crippen LogP contribution < -0.4 is 5.32 Å². The van der Waals surface area contributed by atoms with Crippen molar-refractivity contribution in [3.63, 3.8) is 0 Å². The molecule has 0 bridgehead atoms. The molecule has 3 rings (SSSR count). The van der Waals surface area contributed by atoms with Gasteiger partial charge in [0.05, 0.1) is 23.1 Å². The molecule has 1 amide bonds. The number of amides is 1. The summed E-state index contributed by atoms with van der Waals surface area (Å²) < 4.78 is 1.77. The Morgan fingerprint density at radius 1 is 1.45 bits per heavy atom. The second kappa shape index (κ2) is 6.08. The zero-order chi connectivity index (χ0) is 15.7. The number of carbonyl (C=O) groups is 1. The van der Waals surface area contributed by atoms with Crippen molar-refractivity contribution < 1.29 is 4.79 Å². The van der Waals surface area contributed by atoms with E-state index in [-0.39, 0.29) is 5.91 Å². The van der Waals surface area contributed by atoms with Crippen molar-refractivity contribution in [2.24, 2.45) is 0 Å². The van der Waals surface area contributed by atoms with E-state index < -0.39 is 0 Å². The maximum Gasteiger partial charge on any atom is 0.260 e. The average Bonchev–Trinajstić information content (AvgIpc) is 3.26. The maximum atomic E-state index is 12.6. The lowest BCUT2D eigenvalue weighted by atomic mass is 10.2. The number of aryl methyl sites for hydroxylation is 2. The molecule has 6 nitrogen and oxygen atoms in total. The monoisotopic (exact) mass is 317 g/mol. The van der Waals surface area contributed by atoms with Crippen LogP contribution in [-0.2, 0) is 6.54 Å². The van der Waals surface area contributed by atoms with E-state index in [1.54, 1.807) is 10.9 Å². The molecule has 1 saturated carbocycles. The van der Waals surface area contributed by atoms with Crippen LogP contribution in [0.5, 0.6) is 0 Å². The molecule has 1 aliphatic carbocycles. The third kappa shape index (κ3) is 2.99. The van der Waals surface area contributed by atoms with Crippen LogP contribution in [0, 0.1) is 6.92 Å². The molecule has 2 aromatic heterocycles. The van der Waals surface area contributed by atoms with Crippen LogP contribution in [0.2, 0.25) is 0 Å². The Balaban J connectivity index is 1.87. The highest BCUT2D eigenvalue weighted by atomic mass is 32.2. The van der Waals surface area contributed by atoms with E-state index in [1.165, 1.54) is 11.8 Å². The molecule has 0 spiro atoms. The van der Waals surface area contributed by atoms with E-state index in [2.05, 4.69) is 20.4 Å². The van der Waals surface area contributed by atoms with Crippen molar-refractivity contribution in [2.45, 2.75) is 44.2 Å². The smallest absolute Gasteiger partial charge is 0.260 e. The van der Waals surface area contributed by atoms with Crippen LogP contribution in [-0.4, -0.2) is 31.9 Å². The molecule has 0 aromatic carbocycles. The number of nitrogens with zero attached hydrogens (tertiary/aromatic N) is 4. The van der Waals surface area contributed by atoms with Crippen molar-refractivity contribution in [2.75, 3.05) is 11.6 Å². The van der Waals surface area contributed by atoms with Crippen molar-refractivity contribution in [1.29, 1.82) is 0 Å². The van der Waals surface area contributed by atoms with E-state index in [4.69, 9.17) is 0 Å². The van der Waals surface area contributed by atoms with Crippen molar-refractivity contribution >= 4 is 23.4 Å². The number of thioether (sulfide) groups is 1. The predicted molar refractivity (Wildman–Crippen MR) is 86.4 cm³/mol. The fourth-order valence-electron chi connectivity index (χ4n) is 2.30. The van der Waals surface area contributed by atoms with Gasteiger partial charge in [0.1, 0.15) is 10.9 Å². The van der Waals surface area contributed by atoms with Crippen LogP contribution >= 0.6 is 11.8 Å². The lowest BCUT2D eigenvalue weighted by Crippen LogP contribution is -2.17. The molecule has 0 aliphatic heterocycles. The van der Waals surface area contributed by atoms with Crippen LogP contribution in [0.25, 0.3) is 0 Å². The van der Waals surface area contributed by atoms with E-state index in [1.807, 2.05) is 26.3 Å².